The molecule has 1 aromatic heterocycles. The van der Waals surface area contributed by atoms with Gasteiger partial charge in [-0.3, -0.25) is 4.79 Å². The number of methoxy groups -OCH3 is 2. The fourth-order valence-electron chi connectivity index (χ4n) is 2.26. The number of nitrogens with zero attached hydrogens (tertiary/aromatic N) is 2. The summed E-state index contributed by atoms with van der Waals surface area (Å²) in [7, 11) is 3.19. The zero-order valence-electron chi connectivity index (χ0n) is 14.9. The van der Waals surface area contributed by atoms with Crippen LogP contribution in [0.25, 0.3) is 0 Å². The Bertz CT molecular complexity index is 718. The minimum atomic E-state index is -0.256. The molecule has 2 rings (SSSR count). The maximum Gasteiger partial charge on any atom is 0.229 e. The Labute approximate surface area is 153 Å². The van der Waals surface area contributed by atoms with Crippen LogP contribution in [-0.4, -0.2) is 36.5 Å². The van der Waals surface area contributed by atoms with Crippen molar-refractivity contribution in [2.45, 2.75) is 20.4 Å². The van der Waals surface area contributed by atoms with Gasteiger partial charge in [0.15, 0.2) is 11.5 Å². The van der Waals surface area contributed by atoms with Gasteiger partial charge in [-0.2, -0.15) is 5.10 Å². The van der Waals surface area contributed by atoms with E-state index in [9.17, 15) is 4.79 Å². The molecule has 0 fully saturated rings. The minimum Gasteiger partial charge on any atom is -0.493 e. The van der Waals surface area contributed by atoms with Gasteiger partial charge in [0.05, 0.1) is 27.0 Å². The Morgan fingerprint density at radius 3 is 2.60 bits per heavy atom. The molecule has 1 unspecified atom stereocenters. The van der Waals surface area contributed by atoms with Crippen molar-refractivity contribution in [2.75, 3.05) is 26.1 Å². The average molecular weight is 369 g/mol. The molecule has 0 aliphatic carbocycles. The third-order valence-electron chi connectivity index (χ3n) is 3.85. The van der Waals surface area contributed by atoms with Crippen LogP contribution in [0.4, 0.5) is 5.82 Å². The summed E-state index contributed by atoms with van der Waals surface area (Å²) in [6.45, 7) is 4.50. The van der Waals surface area contributed by atoms with Gasteiger partial charge in [-0.25, -0.2) is 4.68 Å². The van der Waals surface area contributed by atoms with Gasteiger partial charge in [0, 0.05) is 18.0 Å². The van der Waals surface area contributed by atoms with Crippen molar-refractivity contribution in [1.82, 2.24) is 9.78 Å². The number of halogens is 1. The van der Waals surface area contributed by atoms with Crippen LogP contribution in [-0.2, 0) is 11.3 Å². The number of nitrogens with two attached hydrogens (primary N) is 1. The van der Waals surface area contributed by atoms with Crippen LogP contribution in [0.3, 0.4) is 0 Å². The maximum absolute atomic E-state index is 12.1. The van der Waals surface area contributed by atoms with E-state index in [0.717, 1.165) is 11.1 Å². The van der Waals surface area contributed by atoms with Gasteiger partial charge in [-0.15, -0.1) is 12.4 Å². The summed E-state index contributed by atoms with van der Waals surface area (Å²) in [4.78, 5) is 12.1. The largest absolute Gasteiger partial charge is 0.493 e. The number of benzene rings is 1. The summed E-state index contributed by atoms with van der Waals surface area (Å²) in [5.41, 5.74) is 7.43. The van der Waals surface area contributed by atoms with E-state index in [2.05, 4.69) is 10.4 Å². The molecule has 0 radical (unpaired) electrons. The van der Waals surface area contributed by atoms with Crippen LogP contribution in [0.2, 0.25) is 0 Å². The van der Waals surface area contributed by atoms with Crippen molar-refractivity contribution < 1.29 is 14.3 Å². The molecule has 0 spiro atoms. The van der Waals surface area contributed by atoms with Crippen molar-refractivity contribution >= 4 is 24.1 Å². The van der Waals surface area contributed by atoms with Gasteiger partial charge in [-0.1, -0.05) is 13.0 Å². The van der Waals surface area contributed by atoms with Crippen LogP contribution in [0.15, 0.2) is 24.4 Å². The molecule has 1 amide bonds. The van der Waals surface area contributed by atoms with Crippen LogP contribution < -0.4 is 20.5 Å². The molecule has 1 aromatic carbocycles. The molecule has 2 aromatic rings. The van der Waals surface area contributed by atoms with E-state index in [4.69, 9.17) is 15.2 Å². The summed E-state index contributed by atoms with van der Waals surface area (Å²) >= 11 is 0. The Morgan fingerprint density at radius 1 is 1.32 bits per heavy atom. The number of anilines is 1. The lowest BCUT2D eigenvalue weighted by Gasteiger charge is -2.14. The Morgan fingerprint density at radius 2 is 2.00 bits per heavy atom. The minimum absolute atomic E-state index is 0. The molecule has 0 saturated heterocycles. The Kier molecular flexibility index (Phi) is 7.73. The number of ether oxygens (including phenoxy) is 2. The number of amides is 1. The molecule has 0 aliphatic heterocycles. The lowest BCUT2D eigenvalue weighted by Crippen LogP contribution is -2.28. The van der Waals surface area contributed by atoms with Gasteiger partial charge < -0.3 is 20.5 Å². The quantitative estimate of drug-likeness (QED) is 0.781. The van der Waals surface area contributed by atoms with Crippen molar-refractivity contribution in [3.63, 3.8) is 0 Å². The highest BCUT2D eigenvalue weighted by Crippen LogP contribution is 2.28. The third kappa shape index (κ3) is 4.87. The lowest BCUT2D eigenvalue weighted by atomic mass is 10.1. The van der Waals surface area contributed by atoms with E-state index in [1.165, 1.54) is 0 Å². The zero-order chi connectivity index (χ0) is 17.7. The highest BCUT2D eigenvalue weighted by atomic mass is 35.5. The van der Waals surface area contributed by atoms with Crippen LogP contribution in [0, 0.1) is 12.8 Å². The van der Waals surface area contributed by atoms with Gasteiger partial charge in [0.25, 0.3) is 0 Å². The molecular formula is C17H25ClN4O3. The normalized spacial score (nSPS) is 11.4. The fraction of sp³-hybridized carbons (Fsp3) is 0.412. The number of carbonyl (C=O) groups is 1. The summed E-state index contributed by atoms with van der Waals surface area (Å²) in [5, 5.41) is 7.25. The lowest BCUT2D eigenvalue weighted by molar-refractivity contribution is -0.119. The van der Waals surface area contributed by atoms with Crippen molar-refractivity contribution in [1.29, 1.82) is 0 Å². The fourth-order valence-corrected chi connectivity index (χ4v) is 2.26. The molecular weight excluding hydrogens is 344 g/mol. The first-order chi connectivity index (χ1) is 11.5. The van der Waals surface area contributed by atoms with E-state index < -0.39 is 0 Å². The first-order valence-corrected chi connectivity index (χ1v) is 7.74. The van der Waals surface area contributed by atoms with Gasteiger partial charge >= 0.3 is 0 Å². The second-order valence-electron chi connectivity index (χ2n) is 5.65. The molecule has 0 saturated carbocycles. The first kappa shape index (κ1) is 20.8. The number of nitrogens with one attached hydrogen (secondary N) is 1. The van der Waals surface area contributed by atoms with Crippen LogP contribution >= 0.6 is 12.4 Å². The maximum atomic E-state index is 12.1. The van der Waals surface area contributed by atoms with E-state index in [-0.39, 0.29) is 24.2 Å². The number of aromatic nitrogens is 2. The van der Waals surface area contributed by atoms with Gasteiger partial charge in [-0.05, 0) is 24.6 Å². The third-order valence-corrected chi connectivity index (χ3v) is 3.85. The molecule has 3 N–H and O–H groups in total. The molecule has 0 aliphatic rings. The standard InChI is InChI=1S/C17H24N4O3.ClH/c1-11(8-18)17(22)20-16-12(2)9-19-21(16)10-13-5-6-14(23-3)15(7-13)24-4;/h5-7,9,11H,8,10,18H2,1-4H3,(H,20,22);1H. The Balaban J connectivity index is 0.00000312. The average Bonchev–Trinajstić information content (AvgIpc) is 2.93. The van der Waals surface area contributed by atoms with Crippen molar-refractivity contribution in [3.8, 4) is 11.5 Å². The molecule has 1 atom stereocenters. The summed E-state index contributed by atoms with van der Waals surface area (Å²) in [6, 6.07) is 5.68. The van der Waals surface area contributed by atoms with E-state index in [1.807, 2.05) is 25.1 Å². The number of carbonyl (C=O) groups excluding carboxylic acids is 1. The Hall–Kier alpha value is -2.25. The number of aryl methyl sites for hydroxylation is 1. The molecule has 7 nitrogen and oxygen atoms in total. The molecule has 1 heterocycles. The van der Waals surface area contributed by atoms with Gasteiger partial charge in [0.1, 0.15) is 5.82 Å². The predicted molar refractivity (Wildman–Crippen MR) is 99.7 cm³/mol. The SMILES string of the molecule is COc1ccc(Cn2ncc(C)c2NC(=O)C(C)CN)cc1OC.Cl. The second kappa shape index (κ2) is 9.29. The van der Waals surface area contributed by atoms with E-state index in [1.54, 1.807) is 32.0 Å². The summed E-state index contributed by atoms with van der Waals surface area (Å²) < 4.78 is 12.3. The molecule has 25 heavy (non-hydrogen) atoms. The van der Waals surface area contributed by atoms with E-state index in [0.29, 0.717) is 30.4 Å². The smallest absolute Gasteiger partial charge is 0.229 e. The van der Waals surface area contributed by atoms with Crippen LogP contribution in [0.1, 0.15) is 18.1 Å². The molecule has 138 valence electrons. The monoisotopic (exact) mass is 368 g/mol. The molecule has 8 heteroatoms. The first-order valence-electron chi connectivity index (χ1n) is 7.74. The number of hydrogen-bond acceptors (Lipinski definition) is 5. The second-order valence-corrected chi connectivity index (χ2v) is 5.65. The predicted octanol–water partition coefficient (Wildman–Crippen LogP) is 2.21. The molecule has 0 bridgehead atoms. The highest BCUT2D eigenvalue weighted by Gasteiger charge is 2.16. The zero-order valence-corrected chi connectivity index (χ0v) is 15.7. The van der Waals surface area contributed by atoms with E-state index >= 15 is 0 Å². The van der Waals surface area contributed by atoms with Crippen LogP contribution in [0.5, 0.6) is 11.5 Å². The topological polar surface area (TPSA) is 91.4 Å². The van der Waals surface area contributed by atoms with Crippen molar-refractivity contribution in [2.24, 2.45) is 11.7 Å². The highest BCUT2D eigenvalue weighted by molar-refractivity contribution is 5.92. The van der Waals surface area contributed by atoms with Crippen molar-refractivity contribution in [3.05, 3.63) is 35.5 Å². The number of hydrogen-bond donors (Lipinski definition) is 2. The number of rotatable bonds is 7. The summed E-state index contributed by atoms with van der Waals surface area (Å²) in [6.07, 6.45) is 1.73. The summed E-state index contributed by atoms with van der Waals surface area (Å²) in [5.74, 6) is 1.63. The van der Waals surface area contributed by atoms with Gasteiger partial charge in [0.2, 0.25) is 5.91 Å².